The van der Waals surface area contributed by atoms with Gasteiger partial charge in [0, 0.05) is 21.0 Å². The molecular formula is C12H26IN. The van der Waals surface area contributed by atoms with E-state index in [9.17, 15) is 0 Å². The highest BCUT2D eigenvalue weighted by atomic mass is 127. The topological polar surface area (TPSA) is 3.24 Å². The van der Waals surface area contributed by atoms with Gasteiger partial charge in [-0.1, -0.05) is 22.6 Å². The molecule has 0 unspecified atom stereocenters. The Hall–Kier alpha value is 0.690. The zero-order chi connectivity index (χ0) is 11.8. The van der Waals surface area contributed by atoms with Gasteiger partial charge in [0.05, 0.1) is 0 Å². The molecule has 0 aliphatic heterocycles. The number of hydrogen-bond acceptors (Lipinski definition) is 1. The van der Waals surface area contributed by atoms with Crippen LogP contribution in [-0.2, 0) is 0 Å². The second kappa shape index (κ2) is 4.28. The van der Waals surface area contributed by atoms with Crippen molar-refractivity contribution in [3.63, 3.8) is 0 Å². The van der Waals surface area contributed by atoms with Crippen LogP contribution in [0.5, 0.6) is 0 Å². The molecule has 0 saturated carbocycles. The Morgan fingerprint density at radius 2 is 1.07 bits per heavy atom. The van der Waals surface area contributed by atoms with E-state index in [1.165, 1.54) is 0 Å². The van der Waals surface area contributed by atoms with Gasteiger partial charge in [-0.15, -0.1) is 0 Å². The summed E-state index contributed by atoms with van der Waals surface area (Å²) >= 11 is 2.48. The fourth-order valence-electron chi connectivity index (χ4n) is 2.88. The van der Waals surface area contributed by atoms with Crippen LogP contribution in [0.1, 0.15) is 55.4 Å². The number of alkyl halides is 1. The fourth-order valence-corrected chi connectivity index (χ4v) is 3.22. The average molecular weight is 311 g/mol. The van der Waals surface area contributed by atoms with E-state index in [1.807, 2.05) is 0 Å². The zero-order valence-corrected chi connectivity index (χ0v) is 13.2. The van der Waals surface area contributed by atoms with Gasteiger partial charge in [0.15, 0.2) is 0 Å². The van der Waals surface area contributed by atoms with Gasteiger partial charge in [-0.3, -0.25) is 4.90 Å². The summed E-state index contributed by atoms with van der Waals surface area (Å²) in [6, 6.07) is 0. The molecule has 0 amide bonds. The van der Waals surface area contributed by atoms with Crippen LogP contribution in [0.25, 0.3) is 0 Å². The lowest BCUT2D eigenvalue weighted by Gasteiger charge is -2.54. The molecule has 2 heteroatoms. The van der Waals surface area contributed by atoms with Crippen molar-refractivity contribution in [2.75, 3.05) is 4.43 Å². The Balaban J connectivity index is 5.14. The van der Waals surface area contributed by atoms with Crippen LogP contribution in [-0.4, -0.2) is 25.9 Å². The average Bonchev–Trinajstić information content (AvgIpc) is 1.79. The van der Waals surface area contributed by atoms with Crippen LogP contribution < -0.4 is 0 Å². The summed E-state index contributed by atoms with van der Waals surface area (Å²) in [5.41, 5.74) is 0.677. The maximum atomic E-state index is 2.61. The molecule has 0 aromatic heterocycles. The SMILES string of the molecule is CC(C)(C)N(C(C)(C)C)C(C)(C)CI. The molecule has 0 heterocycles. The fraction of sp³-hybridized carbons (Fsp3) is 1.00. The van der Waals surface area contributed by atoms with Gasteiger partial charge in [0.25, 0.3) is 0 Å². The first kappa shape index (κ1) is 14.7. The number of rotatable bonds is 2. The standard InChI is InChI=1S/C12H26IN/c1-10(2,3)14(11(4,5)6)12(7,8)9-13/h9H2,1-8H3. The normalized spacial score (nSPS) is 15.0. The molecule has 0 rings (SSSR count). The Bertz CT molecular complexity index is 169. The van der Waals surface area contributed by atoms with Crippen molar-refractivity contribution in [3.8, 4) is 0 Å². The predicted molar refractivity (Wildman–Crippen MR) is 74.3 cm³/mol. The molecule has 0 aliphatic carbocycles. The van der Waals surface area contributed by atoms with Gasteiger partial charge in [-0.25, -0.2) is 0 Å². The number of nitrogens with zero attached hydrogens (tertiary/aromatic N) is 1. The lowest BCUT2D eigenvalue weighted by molar-refractivity contribution is -0.0366. The maximum absolute atomic E-state index is 2.61. The Kier molecular flexibility index (Phi) is 4.49. The molecule has 14 heavy (non-hydrogen) atoms. The van der Waals surface area contributed by atoms with Crippen molar-refractivity contribution in [2.45, 2.75) is 72.0 Å². The third-order valence-corrected chi connectivity index (χ3v) is 4.14. The minimum Gasteiger partial charge on any atom is -0.288 e. The first-order chi connectivity index (χ1) is 5.93. The van der Waals surface area contributed by atoms with Gasteiger partial charge in [0.2, 0.25) is 0 Å². The molecule has 1 nitrogen and oxygen atoms in total. The maximum Gasteiger partial charge on any atom is 0.0252 e. The van der Waals surface area contributed by atoms with E-state index in [0.29, 0.717) is 0 Å². The Labute approximate surface area is 104 Å². The molecular weight excluding hydrogens is 285 g/mol. The lowest BCUT2D eigenvalue weighted by atomic mass is 9.88. The molecule has 0 saturated heterocycles. The monoisotopic (exact) mass is 311 g/mol. The van der Waals surface area contributed by atoms with Gasteiger partial charge in [0.1, 0.15) is 0 Å². The largest absolute Gasteiger partial charge is 0.288 e. The molecule has 86 valence electrons. The highest BCUT2D eigenvalue weighted by molar-refractivity contribution is 14.1. The molecule has 0 aromatic carbocycles. The van der Waals surface area contributed by atoms with Crippen molar-refractivity contribution >= 4 is 22.6 Å². The van der Waals surface area contributed by atoms with E-state index in [-0.39, 0.29) is 16.6 Å². The molecule has 0 N–H and O–H groups in total. The lowest BCUT2D eigenvalue weighted by Crippen LogP contribution is -2.62. The molecule has 0 radical (unpaired) electrons. The summed E-state index contributed by atoms with van der Waals surface area (Å²) in [4.78, 5) is 2.61. The highest BCUT2D eigenvalue weighted by Gasteiger charge is 2.40. The van der Waals surface area contributed by atoms with E-state index in [1.54, 1.807) is 0 Å². The third-order valence-electron chi connectivity index (χ3n) is 2.27. The van der Waals surface area contributed by atoms with E-state index in [4.69, 9.17) is 0 Å². The minimum absolute atomic E-state index is 0.215. The zero-order valence-electron chi connectivity index (χ0n) is 11.0. The predicted octanol–water partition coefficient (Wildman–Crippen LogP) is 4.10. The van der Waals surface area contributed by atoms with Crippen molar-refractivity contribution in [1.29, 1.82) is 0 Å². The van der Waals surface area contributed by atoms with Crippen LogP contribution in [0, 0.1) is 0 Å². The van der Waals surface area contributed by atoms with Crippen molar-refractivity contribution in [2.24, 2.45) is 0 Å². The smallest absolute Gasteiger partial charge is 0.0252 e. The quantitative estimate of drug-likeness (QED) is 0.548. The van der Waals surface area contributed by atoms with Gasteiger partial charge >= 0.3 is 0 Å². The Morgan fingerprint density at radius 1 is 0.786 bits per heavy atom. The molecule has 0 aliphatic rings. The van der Waals surface area contributed by atoms with Crippen LogP contribution >= 0.6 is 22.6 Å². The van der Waals surface area contributed by atoms with Crippen LogP contribution in [0.3, 0.4) is 0 Å². The van der Waals surface area contributed by atoms with Crippen LogP contribution in [0.15, 0.2) is 0 Å². The van der Waals surface area contributed by atoms with Gasteiger partial charge in [-0.05, 0) is 55.4 Å². The summed E-state index contributed by atoms with van der Waals surface area (Å²) in [7, 11) is 0. The summed E-state index contributed by atoms with van der Waals surface area (Å²) in [5.74, 6) is 0. The van der Waals surface area contributed by atoms with E-state index >= 15 is 0 Å². The molecule has 0 spiro atoms. The second-order valence-electron chi connectivity index (χ2n) is 6.62. The number of hydrogen-bond donors (Lipinski definition) is 0. The third kappa shape index (κ3) is 3.69. The summed E-state index contributed by atoms with van der Waals surface area (Å²) in [6.45, 7) is 18.4. The van der Waals surface area contributed by atoms with Gasteiger partial charge < -0.3 is 0 Å². The Morgan fingerprint density at radius 3 is 1.14 bits per heavy atom. The first-order valence-corrected chi connectivity index (χ1v) is 6.82. The van der Waals surface area contributed by atoms with Crippen molar-refractivity contribution < 1.29 is 0 Å². The van der Waals surface area contributed by atoms with Gasteiger partial charge in [-0.2, -0.15) is 0 Å². The molecule has 0 aromatic rings. The van der Waals surface area contributed by atoms with E-state index in [2.05, 4.69) is 82.9 Å². The number of halogens is 1. The first-order valence-electron chi connectivity index (χ1n) is 5.29. The summed E-state index contributed by atoms with van der Waals surface area (Å²) in [5, 5.41) is 0. The molecule has 0 atom stereocenters. The minimum atomic E-state index is 0.215. The highest BCUT2D eigenvalue weighted by Crippen LogP contribution is 2.34. The van der Waals surface area contributed by atoms with Crippen molar-refractivity contribution in [1.82, 2.24) is 4.90 Å². The summed E-state index contributed by atoms with van der Waals surface area (Å²) in [6.07, 6.45) is 0. The molecule has 0 fully saturated rings. The van der Waals surface area contributed by atoms with E-state index < -0.39 is 0 Å². The van der Waals surface area contributed by atoms with Crippen LogP contribution in [0.4, 0.5) is 0 Å². The van der Waals surface area contributed by atoms with Crippen molar-refractivity contribution in [3.05, 3.63) is 0 Å². The second-order valence-corrected chi connectivity index (χ2v) is 7.39. The summed E-state index contributed by atoms with van der Waals surface area (Å²) < 4.78 is 1.15. The van der Waals surface area contributed by atoms with Crippen LogP contribution in [0.2, 0.25) is 0 Å². The molecule has 0 bridgehead atoms. The van der Waals surface area contributed by atoms with E-state index in [0.717, 1.165) is 4.43 Å².